The third-order valence-corrected chi connectivity index (χ3v) is 2.55. The number of benzene rings is 1. The molecule has 1 amide bonds. The third-order valence-electron chi connectivity index (χ3n) is 2.06. The van der Waals surface area contributed by atoms with E-state index in [2.05, 4.69) is 21.0 Å². The Morgan fingerprint density at radius 2 is 2.29 bits per heavy atom. The summed E-state index contributed by atoms with van der Waals surface area (Å²) in [4.78, 5) is 11.6. The number of hydrazone groups is 1. The van der Waals surface area contributed by atoms with Crippen molar-refractivity contribution in [2.75, 3.05) is 5.01 Å². The number of nitrogens with zero attached hydrogens (tertiary/aromatic N) is 2. The molecule has 0 aromatic heterocycles. The zero-order valence-electron chi connectivity index (χ0n) is 7.64. The van der Waals surface area contributed by atoms with Crippen LogP contribution < -0.4 is 5.01 Å². The first-order valence-corrected chi connectivity index (χ1v) is 5.11. The van der Waals surface area contributed by atoms with Crippen LogP contribution in [-0.4, -0.2) is 12.1 Å². The van der Waals surface area contributed by atoms with Gasteiger partial charge in [0.25, 0.3) is 5.91 Å². The molecule has 0 N–H and O–H groups in total. The second kappa shape index (κ2) is 3.53. The van der Waals surface area contributed by atoms with Crippen LogP contribution in [0.15, 0.2) is 33.8 Å². The lowest BCUT2D eigenvalue weighted by molar-refractivity contribution is -0.119. The SMILES string of the molecule is CC1C=NN(c2cccc(Br)c2)C1=O. The second-order valence-electron chi connectivity index (χ2n) is 3.18. The molecule has 0 saturated carbocycles. The Morgan fingerprint density at radius 1 is 1.50 bits per heavy atom. The standard InChI is InChI=1S/C10H9BrN2O/c1-7-6-12-13(10(7)14)9-4-2-3-8(11)5-9/h2-7H,1H3. The van der Waals surface area contributed by atoms with Crippen LogP contribution in [0.1, 0.15) is 6.92 Å². The number of hydrogen-bond donors (Lipinski definition) is 0. The molecule has 1 atom stereocenters. The molecule has 0 spiro atoms. The number of halogens is 1. The van der Waals surface area contributed by atoms with E-state index in [1.807, 2.05) is 31.2 Å². The van der Waals surface area contributed by atoms with Crippen LogP contribution in [0.3, 0.4) is 0 Å². The Labute approximate surface area is 90.5 Å². The van der Waals surface area contributed by atoms with Gasteiger partial charge in [0.15, 0.2) is 0 Å². The van der Waals surface area contributed by atoms with Gasteiger partial charge in [-0.1, -0.05) is 22.0 Å². The zero-order chi connectivity index (χ0) is 10.1. The van der Waals surface area contributed by atoms with Crippen LogP contribution in [0.25, 0.3) is 0 Å². The van der Waals surface area contributed by atoms with Crippen molar-refractivity contribution >= 4 is 33.7 Å². The van der Waals surface area contributed by atoms with E-state index in [-0.39, 0.29) is 11.8 Å². The molecular formula is C10H9BrN2O. The first-order valence-electron chi connectivity index (χ1n) is 4.32. The van der Waals surface area contributed by atoms with Gasteiger partial charge < -0.3 is 0 Å². The fourth-order valence-corrected chi connectivity index (χ4v) is 1.67. The summed E-state index contributed by atoms with van der Waals surface area (Å²) in [6, 6.07) is 7.52. The van der Waals surface area contributed by atoms with E-state index in [1.54, 1.807) is 6.21 Å². The molecule has 0 radical (unpaired) electrons. The summed E-state index contributed by atoms with van der Waals surface area (Å²) in [6.07, 6.45) is 1.66. The fraction of sp³-hybridized carbons (Fsp3) is 0.200. The van der Waals surface area contributed by atoms with Crippen molar-refractivity contribution < 1.29 is 4.79 Å². The van der Waals surface area contributed by atoms with E-state index < -0.39 is 0 Å². The van der Waals surface area contributed by atoms with Crippen molar-refractivity contribution in [3.8, 4) is 0 Å². The molecule has 0 aliphatic carbocycles. The highest BCUT2D eigenvalue weighted by Gasteiger charge is 2.25. The normalized spacial score (nSPS) is 20.6. The average molecular weight is 253 g/mol. The van der Waals surface area contributed by atoms with Gasteiger partial charge in [0.1, 0.15) is 0 Å². The monoisotopic (exact) mass is 252 g/mol. The molecule has 0 bridgehead atoms. The summed E-state index contributed by atoms with van der Waals surface area (Å²) in [7, 11) is 0. The molecule has 2 rings (SSSR count). The summed E-state index contributed by atoms with van der Waals surface area (Å²) in [5, 5.41) is 5.47. The minimum absolute atomic E-state index is 0.0168. The number of anilines is 1. The van der Waals surface area contributed by atoms with Crippen LogP contribution >= 0.6 is 15.9 Å². The highest BCUT2D eigenvalue weighted by atomic mass is 79.9. The lowest BCUT2D eigenvalue weighted by Crippen LogP contribution is -2.24. The maximum Gasteiger partial charge on any atom is 0.255 e. The predicted octanol–water partition coefficient (Wildman–Crippen LogP) is 2.42. The van der Waals surface area contributed by atoms with Crippen molar-refractivity contribution in [2.45, 2.75) is 6.92 Å². The van der Waals surface area contributed by atoms with E-state index in [9.17, 15) is 4.79 Å². The van der Waals surface area contributed by atoms with Crippen LogP contribution in [0.5, 0.6) is 0 Å². The van der Waals surface area contributed by atoms with Gasteiger partial charge in [0.05, 0.1) is 11.6 Å². The molecule has 0 saturated heterocycles. The fourth-order valence-electron chi connectivity index (χ4n) is 1.28. The number of carbonyl (C=O) groups excluding carboxylic acids is 1. The van der Waals surface area contributed by atoms with Crippen LogP contribution in [-0.2, 0) is 4.79 Å². The summed E-state index contributed by atoms with van der Waals surface area (Å²) < 4.78 is 0.942. The smallest absolute Gasteiger partial charge is 0.255 e. The number of hydrogen-bond acceptors (Lipinski definition) is 2. The number of carbonyl (C=O) groups is 1. The van der Waals surface area contributed by atoms with E-state index in [4.69, 9.17) is 0 Å². The molecule has 1 aromatic rings. The summed E-state index contributed by atoms with van der Waals surface area (Å²) in [5.41, 5.74) is 0.796. The molecule has 72 valence electrons. The molecule has 1 unspecified atom stereocenters. The highest BCUT2D eigenvalue weighted by molar-refractivity contribution is 9.10. The van der Waals surface area contributed by atoms with Crippen LogP contribution in [0.2, 0.25) is 0 Å². The third kappa shape index (κ3) is 1.57. The van der Waals surface area contributed by atoms with Crippen molar-refractivity contribution in [1.29, 1.82) is 0 Å². The van der Waals surface area contributed by atoms with Gasteiger partial charge in [-0.2, -0.15) is 5.10 Å². The molecule has 1 aliphatic heterocycles. The highest BCUT2D eigenvalue weighted by Crippen LogP contribution is 2.23. The first-order chi connectivity index (χ1) is 6.68. The Morgan fingerprint density at radius 3 is 2.86 bits per heavy atom. The minimum atomic E-state index is -0.117. The lowest BCUT2D eigenvalue weighted by Gasteiger charge is -2.12. The van der Waals surface area contributed by atoms with E-state index in [0.29, 0.717) is 0 Å². The van der Waals surface area contributed by atoms with Gasteiger partial charge in [-0.25, -0.2) is 5.01 Å². The van der Waals surface area contributed by atoms with Crippen LogP contribution in [0, 0.1) is 5.92 Å². The summed E-state index contributed by atoms with van der Waals surface area (Å²) in [5.74, 6) is -0.0999. The van der Waals surface area contributed by atoms with Crippen molar-refractivity contribution in [1.82, 2.24) is 0 Å². The van der Waals surface area contributed by atoms with Crippen molar-refractivity contribution in [3.63, 3.8) is 0 Å². The molecule has 14 heavy (non-hydrogen) atoms. The predicted molar refractivity (Wildman–Crippen MR) is 59.3 cm³/mol. The quantitative estimate of drug-likeness (QED) is 0.756. The van der Waals surface area contributed by atoms with E-state index in [0.717, 1.165) is 10.2 Å². The summed E-state index contributed by atoms with van der Waals surface area (Å²) in [6.45, 7) is 1.84. The molecule has 1 heterocycles. The van der Waals surface area contributed by atoms with Gasteiger partial charge in [-0.05, 0) is 25.1 Å². The molecule has 0 fully saturated rings. The van der Waals surface area contributed by atoms with E-state index >= 15 is 0 Å². The number of rotatable bonds is 1. The van der Waals surface area contributed by atoms with Crippen LogP contribution in [0.4, 0.5) is 5.69 Å². The molecule has 4 heteroatoms. The minimum Gasteiger partial charge on any atom is -0.272 e. The molecule has 1 aromatic carbocycles. The maximum absolute atomic E-state index is 11.6. The van der Waals surface area contributed by atoms with Crippen molar-refractivity contribution in [2.24, 2.45) is 11.0 Å². The molecule has 1 aliphatic rings. The summed E-state index contributed by atoms with van der Waals surface area (Å²) >= 11 is 3.35. The second-order valence-corrected chi connectivity index (χ2v) is 4.10. The van der Waals surface area contributed by atoms with Gasteiger partial charge >= 0.3 is 0 Å². The maximum atomic E-state index is 11.6. The van der Waals surface area contributed by atoms with Gasteiger partial charge in [0, 0.05) is 10.7 Å². The molecular weight excluding hydrogens is 244 g/mol. The van der Waals surface area contributed by atoms with Gasteiger partial charge in [-0.15, -0.1) is 0 Å². The average Bonchev–Trinajstić information content (AvgIpc) is 2.48. The Hall–Kier alpha value is -1.16. The first kappa shape index (κ1) is 9.40. The van der Waals surface area contributed by atoms with E-state index in [1.165, 1.54) is 5.01 Å². The Balaban J connectivity index is 2.33. The topological polar surface area (TPSA) is 32.7 Å². The number of amides is 1. The molecule has 3 nitrogen and oxygen atoms in total. The lowest BCUT2D eigenvalue weighted by atomic mass is 10.2. The van der Waals surface area contributed by atoms with Crippen molar-refractivity contribution in [3.05, 3.63) is 28.7 Å². The van der Waals surface area contributed by atoms with Gasteiger partial charge in [0.2, 0.25) is 0 Å². The van der Waals surface area contributed by atoms with Gasteiger partial charge in [-0.3, -0.25) is 4.79 Å². The zero-order valence-corrected chi connectivity index (χ0v) is 9.23. The Kier molecular flexibility index (Phi) is 2.37. The largest absolute Gasteiger partial charge is 0.272 e. The Bertz CT molecular complexity index is 403.